The first-order valence-electron chi connectivity index (χ1n) is 10.9. The van der Waals surface area contributed by atoms with Crippen molar-refractivity contribution in [2.75, 3.05) is 0 Å². The van der Waals surface area contributed by atoms with Crippen LogP contribution in [0.25, 0.3) is 11.1 Å². The molecule has 1 N–H and O–H groups in total. The number of hydrogen-bond acceptors (Lipinski definition) is 3. The van der Waals surface area contributed by atoms with Crippen molar-refractivity contribution in [3.05, 3.63) is 136 Å². The van der Waals surface area contributed by atoms with E-state index >= 15 is 0 Å². The van der Waals surface area contributed by atoms with E-state index in [2.05, 4.69) is 48.5 Å². The Balaban J connectivity index is 2.03. The summed E-state index contributed by atoms with van der Waals surface area (Å²) in [4.78, 5) is 22.2. The number of carbonyl (C=O) groups is 2. The number of carboxylic acids is 1. The highest BCUT2D eigenvalue weighted by Gasteiger charge is 2.17. The van der Waals surface area contributed by atoms with Crippen LogP contribution in [0.2, 0.25) is 0 Å². The minimum Gasteiger partial charge on any atom is -0.478 e. The molecule has 4 nitrogen and oxygen atoms in total. The van der Waals surface area contributed by atoms with Crippen molar-refractivity contribution in [1.29, 1.82) is 0 Å². The monoisotopic (exact) mass is 448 g/mol. The maximum Gasteiger partial charge on any atom is 0.335 e. The molecule has 0 aliphatic heterocycles. The molecule has 0 radical (unpaired) electrons. The van der Waals surface area contributed by atoms with Gasteiger partial charge in [0.05, 0.1) is 5.56 Å². The molecule has 4 aromatic carbocycles. The van der Waals surface area contributed by atoms with Gasteiger partial charge in [-0.3, -0.25) is 4.79 Å². The van der Waals surface area contributed by atoms with E-state index in [1.165, 1.54) is 0 Å². The predicted octanol–water partition coefficient (Wildman–Crippen LogP) is 6.54. The second-order valence-electron chi connectivity index (χ2n) is 8.10. The van der Waals surface area contributed by atoms with Crippen molar-refractivity contribution in [3.8, 4) is 5.75 Å². The smallest absolute Gasteiger partial charge is 0.335 e. The maximum absolute atomic E-state index is 11.4. The van der Waals surface area contributed by atoms with Gasteiger partial charge in [0.25, 0.3) is 6.47 Å². The van der Waals surface area contributed by atoms with E-state index in [1.54, 1.807) is 24.3 Å². The fourth-order valence-electron chi connectivity index (χ4n) is 3.89. The van der Waals surface area contributed by atoms with Gasteiger partial charge in [0.15, 0.2) is 0 Å². The van der Waals surface area contributed by atoms with Crippen LogP contribution in [-0.2, 0) is 4.79 Å². The van der Waals surface area contributed by atoms with Crippen molar-refractivity contribution in [1.82, 2.24) is 0 Å². The Bertz CT molecular complexity index is 1330. The molecule has 4 aromatic rings. The lowest BCUT2D eigenvalue weighted by atomic mass is 9.85. The normalized spacial score (nSPS) is 11.5. The lowest BCUT2D eigenvalue weighted by Crippen LogP contribution is -2.00. The fourth-order valence-corrected chi connectivity index (χ4v) is 3.89. The first kappa shape index (κ1) is 22.7. The zero-order chi connectivity index (χ0) is 24.1. The number of aryl methyl sites for hydroxylation is 2. The van der Waals surface area contributed by atoms with E-state index in [0.717, 1.165) is 44.5 Å². The number of rotatable bonds is 7. The third kappa shape index (κ3) is 4.97. The largest absolute Gasteiger partial charge is 0.478 e. The van der Waals surface area contributed by atoms with Crippen molar-refractivity contribution in [2.45, 2.75) is 13.8 Å². The molecule has 0 aliphatic carbocycles. The summed E-state index contributed by atoms with van der Waals surface area (Å²) in [6, 6.07) is 30.9. The zero-order valence-electron chi connectivity index (χ0n) is 19.0. The molecule has 0 amide bonds. The van der Waals surface area contributed by atoms with Gasteiger partial charge in [-0.15, -0.1) is 0 Å². The summed E-state index contributed by atoms with van der Waals surface area (Å²) >= 11 is 0. The summed E-state index contributed by atoms with van der Waals surface area (Å²) < 4.78 is 4.99. The number of carbonyl (C=O) groups excluding carboxylic acids is 1. The van der Waals surface area contributed by atoms with Crippen LogP contribution in [0.3, 0.4) is 0 Å². The first-order chi connectivity index (χ1) is 16.5. The summed E-state index contributed by atoms with van der Waals surface area (Å²) in [6.07, 6.45) is 0. The highest BCUT2D eigenvalue weighted by Crippen LogP contribution is 2.37. The van der Waals surface area contributed by atoms with E-state index in [0.29, 0.717) is 12.2 Å². The quantitative estimate of drug-likeness (QED) is 0.257. The molecule has 0 aliphatic rings. The average molecular weight is 449 g/mol. The highest BCUT2D eigenvalue weighted by atomic mass is 16.5. The minimum atomic E-state index is -0.961. The molecule has 4 heteroatoms. The molecule has 168 valence electrons. The summed E-state index contributed by atoms with van der Waals surface area (Å²) in [6.45, 7) is 4.50. The average Bonchev–Trinajstić information content (AvgIpc) is 2.85. The topological polar surface area (TPSA) is 63.6 Å². The van der Waals surface area contributed by atoms with Gasteiger partial charge >= 0.3 is 5.97 Å². The van der Waals surface area contributed by atoms with Crippen LogP contribution in [-0.4, -0.2) is 17.5 Å². The number of aromatic carboxylic acids is 1. The van der Waals surface area contributed by atoms with Gasteiger partial charge in [-0.25, -0.2) is 4.79 Å². The molecule has 0 aromatic heterocycles. The maximum atomic E-state index is 11.4. The van der Waals surface area contributed by atoms with Crippen LogP contribution in [0.15, 0.2) is 97.1 Å². The molecular weight excluding hydrogens is 424 g/mol. The van der Waals surface area contributed by atoms with Crippen molar-refractivity contribution >= 4 is 23.6 Å². The van der Waals surface area contributed by atoms with Gasteiger partial charge in [0.1, 0.15) is 5.75 Å². The van der Waals surface area contributed by atoms with Gasteiger partial charge < -0.3 is 9.84 Å². The van der Waals surface area contributed by atoms with Gasteiger partial charge in [0.2, 0.25) is 0 Å². The van der Waals surface area contributed by atoms with Gasteiger partial charge in [0, 0.05) is 0 Å². The molecular formula is C30H24O4. The van der Waals surface area contributed by atoms with Crippen LogP contribution < -0.4 is 4.74 Å². The molecule has 4 rings (SSSR count). The summed E-state index contributed by atoms with van der Waals surface area (Å²) in [5.74, 6) is -0.498. The number of benzene rings is 4. The molecule has 0 atom stereocenters. The number of ether oxygens (including phenoxy) is 1. The van der Waals surface area contributed by atoms with Gasteiger partial charge in [-0.05, 0) is 71.5 Å². The van der Waals surface area contributed by atoms with E-state index < -0.39 is 5.97 Å². The highest BCUT2D eigenvalue weighted by molar-refractivity contribution is 6.05. The Labute approximate surface area is 198 Å². The summed E-state index contributed by atoms with van der Waals surface area (Å²) in [7, 11) is 0. The predicted molar refractivity (Wildman–Crippen MR) is 134 cm³/mol. The second kappa shape index (κ2) is 10.0. The molecule has 0 unspecified atom stereocenters. The number of hydrogen-bond donors (Lipinski definition) is 1. The molecule has 0 heterocycles. The van der Waals surface area contributed by atoms with Gasteiger partial charge in [-0.2, -0.15) is 0 Å². The zero-order valence-corrected chi connectivity index (χ0v) is 19.0. The summed E-state index contributed by atoms with van der Waals surface area (Å²) in [5, 5.41) is 9.37. The van der Waals surface area contributed by atoms with Crippen LogP contribution >= 0.6 is 0 Å². The van der Waals surface area contributed by atoms with Crippen molar-refractivity contribution < 1.29 is 19.4 Å². The number of carboxylic acid groups (broad SMARTS) is 1. The standard InChI is InChI=1S/C30H24O4/c1-20-3-7-22(8-4-20)28(24-11-13-26(14-12-24)30(32)33)29(23-9-5-21(2)6-10-23)25-15-17-27(18-16-25)34-19-31/h3-19H,1-2H3,(H,32,33)/b29-28+. The third-order valence-electron chi connectivity index (χ3n) is 5.68. The molecule has 0 spiro atoms. The SMILES string of the molecule is Cc1ccc(/C(=C(/c2ccc(C)cc2)c2ccc(C(=O)O)cc2)c2ccc(OC=O)cc2)cc1. The lowest BCUT2D eigenvalue weighted by Gasteiger charge is -2.19. The molecule has 34 heavy (non-hydrogen) atoms. The molecule has 0 saturated carbocycles. The Hall–Kier alpha value is -4.44. The van der Waals surface area contributed by atoms with E-state index in [-0.39, 0.29) is 5.56 Å². The summed E-state index contributed by atoms with van der Waals surface area (Å²) in [5.41, 5.74) is 8.38. The van der Waals surface area contributed by atoms with Crippen LogP contribution in [0, 0.1) is 13.8 Å². The third-order valence-corrected chi connectivity index (χ3v) is 5.68. The minimum absolute atomic E-state index is 0.235. The Morgan fingerprint density at radius 3 is 1.26 bits per heavy atom. The van der Waals surface area contributed by atoms with Gasteiger partial charge in [-0.1, -0.05) is 83.9 Å². The fraction of sp³-hybridized carbons (Fsp3) is 0.0667. The molecule has 0 bridgehead atoms. The second-order valence-corrected chi connectivity index (χ2v) is 8.10. The van der Waals surface area contributed by atoms with Crippen molar-refractivity contribution in [3.63, 3.8) is 0 Å². The van der Waals surface area contributed by atoms with Crippen molar-refractivity contribution in [2.24, 2.45) is 0 Å². The molecule has 0 saturated heterocycles. The Kier molecular flexibility index (Phi) is 6.69. The van der Waals surface area contributed by atoms with Crippen LogP contribution in [0.1, 0.15) is 43.7 Å². The van der Waals surface area contributed by atoms with Crippen LogP contribution in [0.4, 0.5) is 0 Å². The van der Waals surface area contributed by atoms with Crippen LogP contribution in [0.5, 0.6) is 5.75 Å². The Morgan fingerprint density at radius 2 is 0.912 bits per heavy atom. The molecule has 0 fully saturated rings. The Morgan fingerprint density at radius 1 is 0.588 bits per heavy atom. The lowest BCUT2D eigenvalue weighted by molar-refractivity contribution is -0.120. The first-order valence-corrected chi connectivity index (χ1v) is 10.9. The van der Waals surface area contributed by atoms with E-state index in [4.69, 9.17) is 4.74 Å². The van der Waals surface area contributed by atoms with E-state index in [9.17, 15) is 14.7 Å². The van der Waals surface area contributed by atoms with E-state index in [1.807, 2.05) is 38.1 Å².